The molecular formula is C18H28O3. The van der Waals surface area contributed by atoms with E-state index in [1.807, 2.05) is 12.1 Å². The third-order valence-corrected chi connectivity index (χ3v) is 4.52. The zero-order valence-corrected chi connectivity index (χ0v) is 13.6. The van der Waals surface area contributed by atoms with E-state index < -0.39 is 0 Å². The summed E-state index contributed by atoms with van der Waals surface area (Å²) in [5.74, 6) is 3.11. The van der Waals surface area contributed by atoms with Crippen LogP contribution in [0.4, 0.5) is 0 Å². The van der Waals surface area contributed by atoms with E-state index in [0.717, 1.165) is 17.2 Å². The smallest absolute Gasteiger partial charge is 0.129 e. The van der Waals surface area contributed by atoms with Crippen molar-refractivity contribution >= 4 is 0 Å². The highest BCUT2D eigenvalue weighted by molar-refractivity contribution is 5.52. The van der Waals surface area contributed by atoms with E-state index in [1.54, 1.807) is 21.3 Å². The van der Waals surface area contributed by atoms with Gasteiger partial charge in [-0.1, -0.05) is 38.5 Å². The van der Waals surface area contributed by atoms with E-state index >= 15 is 0 Å². The molecule has 0 radical (unpaired) electrons. The Kier molecular flexibility index (Phi) is 6.21. The van der Waals surface area contributed by atoms with Crippen LogP contribution in [0.2, 0.25) is 0 Å². The number of hydrogen-bond donors (Lipinski definition) is 0. The second-order valence-corrected chi connectivity index (χ2v) is 5.84. The minimum atomic E-state index is 0.527. The van der Waals surface area contributed by atoms with Crippen molar-refractivity contribution < 1.29 is 14.2 Å². The van der Waals surface area contributed by atoms with E-state index in [9.17, 15) is 0 Å². The molecule has 0 unspecified atom stereocenters. The Hall–Kier alpha value is -1.38. The van der Waals surface area contributed by atoms with Crippen molar-refractivity contribution in [2.45, 2.75) is 57.3 Å². The van der Waals surface area contributed by atoms with Gasteiger partial charge in [-0.05, 0) is 18.8 Å². The second kappa shape index (κ2) is 8.16. The van der Waals surface area contributed by atoms with Crippen LogP contribution in [0.25, 0.3) is 0 Å². The van der Waals surface area contributed by atoms with Gasteiger partial charge in [-0.25, -0.2) is 0 Å². The minimum absolute atomic E-state index is 0.527. The lowest BCUT2D eigenvalue weighted by molar-refractivity contribution is 0.358. The average molecular weight is 292 g/mol. The highest BCUT2D eigenvalue weighted by Crippen LogP contribution is 2.43. The number of rotatable bonds is 4. The molecule has 1 aliphatic rings. The van der Waals surface area contributed by atoms with Crippen molar-refractivity contribution in [1.82, 2.24) is 0 Å². The highest BCUT2D eigenvalue weighted by Gasteiger charge is 2.22. The molecule has 2 rings (SSSR count). The third-order valence-electron chi connectivity index (χ3n) is 4.52. The molecule has 0 heterocycles. The lowest BCUT2D eigenvalue weighted by Gasteiger charge is -2.22. The van der Waals surface area contributed by atoms with Crippen molar-refractivity contribution in [2.24, 2.45) is 0 Å². The summed E-state index contributed by atoms with van der Waals surface area (Å²) in [5.41, 5.74) is 1.22. The molecule has 0 bridgehead atoms. The van der Waals surface area contributed by atoms with E-state index in [1.165, 1.54) is 56.9 Å². The number of benzene rings is 1. The molecule has 118 valence electrons. The van der Waals surface area contributed by atoms with Crippen LogP contribution in [0, 0.1) is 0 Å². The molecule has 0 amide bonds. The largest absolute Gasteiger partial charge is 0.496 e. The molecule has 0 aromatic heterocycles. The minimum Gasteiger partial charge on any atom is -0.496 e. The fourth-order valence-corrected chi connectivity index (χ4v) is 3.36. The summed E-state index contributed by atoms with van der Waals surface area (Å²) < 4.78 is 16.6. The first-order valence-electron chi connectivity index (χ1n) is 8.10. The molecule has 1 aromatic rings. The lowest BCUT2D eigenvalue weighted by atomic mass is 9.88. The van der Waals surface area contributed by atoms with Crippen LogP contribution in [-0.2, 0) is 0 Å². The van der Waals surface area contributed by atoms with Gasteiger partial charge in [0.1, 0.15) is 17.2 Å². The molecule has 3 nitrogen and oxygen atoms in total. The number of methoxy groups -OCH3 is 3. The zero-order chi connectivity index (χ0) is 15.1. The van der Waals surface area contributed by atoms with Gasteiger partial charge in [0.05, 0.1) is 21.3 Å². The maximum atomic E-state index is 5.63. The van der Waals surface area contributed by atoms with Crippen LogP contribution < -0.4 is 14.2 Å². The molecule has 3 heteroatoms. The Balaban J connectivity index is 2.33. The Morgan fingerprint density at radius 2 is 1.19 bits per heavy atom. The Morgan fingerprint density at radius 3 is 1.62 bits per heavy atom. The maximum absolute atomic E-state index is 5.63. The maximum Gasteiger partial charge on any atom is 0.129 e. The van der Waals surface area contributed by atoms with Gasteiger partial charge in [-0.15, -0.1) is 0 Å². The van der Waals surface area contributed by atoms with Gasteiger partial charge in [0, 0.05) is 17.7 Å². The first-order valence-corrected chi connectivity index (χ1v) is 8.10. The highest BCUT2D eigenvalue weighted by atomic mass is 16.5. The molecule has 0 spiro atoms. The summed E-state index contributed by atoms with van der Waals surface area (Å²) in [5, 5.41) is 0. The Morgan fingerprint density at radius 1 is 0.714 bits per heavy atom. The first kappa shape index (κ1) is 16.0. The summed E-state index contributed by atoms with van der Waals surface area (Å²) in [7, 11) is 5.13. The van der Waals surface area contributed by atoms with Crippen molar-refractivity contribution in [3.8, 4) is 17.2 Å². The van der Waals surface area contributed by atoms with Crippen LogP contribution in [0.1, 0.15) is 62.8 Å². The zero-order valence-electron chi connectivity index (χ0n) is 13.6. The van der Waals surface area contributed by atoms with E-state index in [2.05, 4.69) is 0 Å². The first-order chi connectivity index (χ1) is 10.3. The van der Waals surface area contributed by atoms with Crippen molar-refractivity contribution in [3.05, 3.63) is 17.7 Å². The molecular weight excluding hydrogens is 264 g/mol. The standard InChI is InChI=1S/C18H28O3/c1-19-15-12-16(20-2)18(17(13-15)21-3)14-10-8-6-4-5-7-9-11-14/h12-14H,4-11H2,1-3H3. The number of ether oxygens (including phenoxy) is 3. The summed E-state index contributed by atoms with van der Waals surface area (Å²) in [6.45, 7) is 0. The van der Waals surface area contributed by atoms with Crippen LogP contribution in [0.3, 0.4) is 0 Å². The summed E-state index contributed by atoms with van der Waals surface area (Å²) >= 11 is 0. The quantitative estimate of drug-likeness (QED) is 0.787. The molecule has 1 saturated carbocycles. The van der Waals surface area contributed by atoms with Gasteiger partial charge in [-0.3, -0.25) is 0 Å². The van der Waals surface area contributed by atoms with Crippen molar-refractivity contribution in [3.63, 3.8) is 0 Å². The molecule has 1 aromatic carbocycles. The molecule has 1 fully saturated rings. The Bertz CT molecular complexity index is 407. The van der Waals surface area contributed by atoms with Gasteiger partial charge >= 0.3 is 0 Å². The lowest BCUT2D eigenvalue weighted by Crippen LogP contribution is -2.05. The third kappa shape index (κ3) is 4.05. The monoisotopic (exact) mass is 292 g/mol. The normalized spacial score (nSPS) is 17.5. The average Bonchev–Trinajstić information content (AvgIpc) is 2.67. The Labute approximate surface area is 128 Å². The van der Waals surface area contributed by atoms with Crippen LogP contribution in [-0.4, -0.2) is 21.3 Å². The van der Waals surface area contributed by atoms with Gasteiger partial charge in [0.15, 0.2) is 0 Å². The topological polar surface area (TPSA) is 27.7 Å². The molecule has 21 heavy (non-hydrogen) atoms. The molecule has 0 atom stereocenters. The van der Waals surface area contributed by atoms with E-state index in [-0.39, 0.29) is 0 Å². The summed E-state index contributed by atoms with van der Waals surface area (Å²) in [6, 6.07) is 3.95. The van der Waals surface area contributed by atoms with Gasteiger partial charge in [0.2, 0.25) is 0 Å². The van der Waals surface area contributed by atoms with Crippen LogP contribution in [0.15, 0.2) is 12.1 Å². The fraction of sp³-hybridized carbons (Fsp3) is 0.667. The van der Waals surface area contributed by atoms with E-state index in [0.29, 0.717) is 5.92 Å². The SMILES string of the molecule is COc1cc(OC)c(C2CCCCCCCC2)c(OC)c1. The molecule has 1 aliphatic carbocycles. The van der Waals surface area contributed by atoms with Crippen molar-refractivity contribution in [1.29, 1.82) is 0 Å². The second-order valence-electron chi connectivity index (χ2n) is 5.84. The predicted molar refractivity (Wildman–Crippen MR) is 85.8 cm³/mol. The van der Waals surface area contributed by atoms with Gasteiger partial charge in [-0.2, -0.15) is 0 Å². The molecule has 0 N–H and O–H groups in total. The van der Waals surface area contributed by atoms with Gasteiger partial charge in [0.25, 0.3) is 0 Å². The number of hydrogen-bond acceptors (Lipinski definition) is 3. The molecule has 0 saturated heterocycles. The van der Waals surface area contributed by atoms with Crippen LogP contribution >= 0.6 is 0 Å². The van der Waals surface area contributed by atoms with E-state index in [4.69, 9.17) is 14.2 Å². The summed E-state index contributed by atoms with van der Waals surface area (Å²) in [6.07, 6.45) is 10.5. The fourth-order valence-electron chi connectivity index (χ4n) is 3.36. The van der Waals surface area contributed by atoms with Crippen LogP contribution in [0.5, 0.6) is 17.2 Å². The summed E-state index contributed by atoms with van der Waals surface area (Å²) in [4.78, 5) is 0. The van der Waals surface area contributed by atoms with Crippen molar-refractivity contribution in [2.75, 3.05) is 21.3 Å². The molecule has 0 aliphatic heterocycles. The van der Waals surface area contributed by atoms with Gasteiger partial charge < -0.3 is 14.2 Å². The predicted octanol–water partition coefficient (Wildman–Crippen LogP) is 4.93.